The highest BCUT2D eigenvalue weighted by molar-refractivity contribution is 9.10. The Hall–Kier alpha value is -0.990. The first-order chi connectivity index (χ1) is 8.77. The Kier molecular flexibility index (Phi) is 5.45. The molecular formula is C11H14BrFN2O3S. The molecule has 0 saturated carbocycles. The lowest BCUT2D eigenvalue weighted by atomic mass is 10.3. The third kappa shape index (κ3) is 4.26. The molecule has 0 spiro atoms. The fourth-order valence-electron chi connectivity index (χ4n) is 1.33. The van der Waals surface area contributed by atoms with Crippen LogP contribution in [-0.2, 0) is 14.8 Å². The zero-order chi connectivity index (χ0) is 14.6. The largest absolute Gasteiger partial charge is 0.355 e. The number of benzene rings is 1. The topological polar surface area (TPSA) is 75.3 Å². The van der Waals surface area contributed by atoms with E-state index in [0.29, 0.717) is 6.54 Å². The molecule has 0 radical (unpaired) electrons. The number of sulfonamides is 1. The number of carbonyl (C=O) groups excluding carboxylic acids is 1. The highest BCUT2D eigenvalue weighted by Crippen LogP contribution is 2.19. The Bertz CT molecular complexity index is 577. The SMILES string of the molecule is CCNC(=O)C(C)NS(=O)(=O)c1ccc(Br)c(F)c1. The van der Waals surface area contributed by atoms with Crippen molar-refractivity contribution in [2.24, 2.45) is 0 Å². The van der Waals surface area contributed by atoms with E-state index in [2.05, 4.69) is 26.0 Å². The monoisotopic (exact) mass is 352 g/mol. The van der Waals surface area contributed by atoms with Gasteiger partial charge in [0.2, 0.25) is 15.9 Å². The third-order valence-electron chi connectivity index (χ3n) is 2.28. The van der Waals surface area contributed by atoms with Crippen molar-refractivity contribution in [3.63, 3.8) is 0 Å². The normalized spacial score (nSPS) is 13.1. The molecule has 0 fully saturated rings. The molecule has 0 aliphatic rings. The molecule has 106 valence electrons. The highest BCUT2D eigenvalue weighted by Gasteiger charge is 2.22. The molecule has 5 nitrogen and oxygen atoms in total. The average molecular weight is 353 g/mol. The van der Waals surface area contributed by atoms with Gasteiger partial charge in [0.1, 0.15) is 5.82 Å². The van der Waals surface area contributed by atoms with E-state index in [1.807, 2.05) is 0 Å². The summed E-state index contributed by atoms with van der Waals surface area (Å²) in [5.41, 5.74) is 0. The van der Waals surface area contributed by atoms with E-state index in [0.717, 1.165) is 6.07 Å². The van der Waals surface area contributed by atoms with Crippen LogP contribution >= 0.6 is 15.9 Å². The van der Waals surface area contributed by atoms with Gasteiger partial charge in [0.05, 0.1) is 15.4 Å². The van der Waals surface area contributed by atoms with Crippen molar-refractivity contribution in [1.82, 2.24) is 10.0 Å². The van der Waals surface area contributed by atoms with Crippen molar-refractivity contribution >= 4 is 31.9 Å². The number of nitrogens with one attached hydrogen (secondary N) is 2. The van der Waals surface area contributed by atoms with Crippen LogP contribution < -0.4 is 10.0 Å². The predicted molar refractivity (Wildman–Crippen MR) is 72.6 cm³/mol. The summed E-state index contributed by atoms with van der Waals surface area (Å²) in [6, 6.07) is 2.49. The van der Waals surface area contributed by atoms with E-state index in [1.54, 1.807) is 6.92 Å². The van der Waals surface area contributed by atoms with E-state index < -0.39 is 27.8 Å². The van der Waals surface area contributed by atoms with Crippen LogP contribution in [0.25, 0.3) is 0 Å². The minimum absolute atomic E-state index is 0.170. The molecule has 1 unspecified atom stereocenters. The Morgan fingerprint density at radius 2 is 2.11 bits per heavy atom. The number of halogens is 2. The molecule has 1 atom stereocenters. The summed E-state index contributed by atoms with van der Waals surface area (Å²) in [6.45, 7) is 3.54. The van der Waals surface area contributed by atoms with Gasteiger partial charge in [-0.05, 0) is 48.0 Å². The Morgan fingerprint density at radius 1 is 1.47 bits per heavy atom. The molecule has 1 aromatic carbocycles. The van der Waals surface area contributed by atoms with Gasteiger partial charge in [-0.15, -0.1) is 0 Å². The van der Waals surface area contributed by atoms with Crippen molar-refractivity contribution in [1.29, 1.82) is 0 Å². The van der Waals surface area contributed by atoms with Crippen LogP contribution in [0.5, 0.6) is 0 Å². The number of hydrogen-bond donors (Lipinski definition) is 2. The van der Waals surface area contributed by atoms with Crippen molar-refractivity contribution in [3.8, 4) is 0 Å². The van der Waals surface area contributed by atoms with Crippen molar-refractivity contribution in [2.75, 3.05) is 6.54 Å². The lowest BCUT2D eigenvalue weighted by Gasteiger charge is -2.13. The maximum Gasteiger partial charge on any atom is 0.241 e. The van der Waals surface area contributed by atoms with Gasteiger partial charge >= 0.3 is 0 Å². The Morgan fingerprint density at radius 3 is 2.63 bits per heavy atom. The summed E-state index contributed by atoms with van der Waals surface area (Å²) in [5.74, 6) is -1.13. The van der Waals surface area contributed by atoms with Crippen LogP contribution in [0.4, 0.5) is 4.39 Å². The first kappa shape index (κ1) is 16.1. The third-order valence-corrected chi connectivity index (χ3v) is 4.46. The number of likely N-dealkylation sites (N-methyl/N-ethyl adjacent to an activating group) is 1. The lowest BCUT2D eigenvalue weighted by Crippen LogP contribution is -2.44. The molecule has 8 heteroatoms. The number of rotatable bonds is 5. The molecule has 0 heterocycles. The zero-order valence-corrected chi connectivity index (χ0v) is 12.8. The summed E-state index contributed by atoms with van der Waals surface area (Å²) < 4.78 is 39.5. The first-order valence-electron chi connectivity index (χ1n) is 5.53. The van der Waals surface area contributed by atoms with Gasteiger partial charge in [-0.2, -0.15) is 4.72 Å². The molecule has 1 aromatic rings. The molecule has 0 bridgehead atoms. The second kappa shape index (κ2) is 6.44. The lowest BCUT2D eigenvalue weighted by molar-refractivity contribution is -0.122. The van der Waals surface area contributed by atoms with Gasteiger partial charge in [-0.1, -0.05) is 0 Å². The fraction of sp³-hybridized carbons (Fsp3) is 0.364. The minimum Gasteiger partial charge on any atom is -0.355 e. The van der Waals surface area contributed by atoms with Crippen LogP contribution in [0.1, 0.15) is 13.8 Å². The summed E-state index contributed by atoms with van der Waals surface area (Å²) in [7, 11) is -3.93. The van der Waals surface area contributed by atoms with Crippen LogP contribution in [0.15, 0.2) is 27.6 Å². The van der Waals surface area contributed by atoms with Crippen LogP contribution in [0, 0.1) is 5.82 Å². The second-order valence-electron chi connectivity index (χ2n) is 3.81. The van der Waals surface area contributed by atoms with E-state index >= 15 is 0 Å². The maximum absolute atomic E-state index is 13.3. The van der Waals surface area contributed by atoms with Gasteiger partial charge < -0.3 is 5.32 Å². The average Bonchev–Trinajstić information content (AvgIpc) is 2.32. The molecule has 1 amide bonds. The maximum atomic E-state index is 13.3. The standard InChI is InChI=1S/C11H14BrFN2O3S/c1-3-14-11(16)7(2)15-19(17,18)8-4-5-9(12)10(13)6-8/h4-7,15H,3H2,1-2H3,(H,14,16). The Labute approximate surface area is 119 Å². The first-order valence-corrected chi connectivity index (χ1v) is 7.80. The molecule has 0 aliphatic heterocycles. The summed E-state index contributed by atoms with van der Waals surface area (Å²) in [5, 5.41) is 2.49. The van der Waals surface area contributed by atoms with Gasteiger partial charge in [-0.3, -0.25) is 4.79 Å². The fourth-order valence-corrected chi connectivity index (χ4v) is 2.79. The number of hydrogen-bond acceptors (Lipinski definition) is 3. The van der Waals surface area contributed by atoms with Gasteiger partial charge in [0.25, 0.3) is 0 Å². The van der Waals surface area contributed by atoms with Crippen molar-refractivity contribution in [3.05, 3.63) is 28.5 Å². The molecule has 1 rings (SSSR count). The number of amides is 1. The smallest absolute Gasteiger partial charge is 0.241 e. The van der Waals surface area contributed by atoms with E-state index in [9.17, 15) is 17.6 Å². The molecule has 0 aliphatic carbocycles. The summed E-state index contributed by atoms with van der Waals surface area (Å²) in [6.07, 6.45) is 0. The molecule has 0 aromatic heterocycles. The summed E-state index contributed by atoms with van der Waals surface area (Å²) in [4.78, 5) is 11.2. The molecule has 19 heavy (non-hydrogen) atoms. The Balaban J connectivity index is 2.92. The highest BCUT2D eigenvalue weighted by atomic mass is 79.9. The quantitative estimate of drug-likeness (QED) is 0.840. The van der Waals surface area contributed by atoms with E-state index in [-0.39, 0.29) is 9.37 Å². The van der Waals surface area contributed by atoms with Crippen LogP contribution in [-0.4, -0.2) is 26.9 Å². The summed E-state index contributed by atoms with van der Waals surface area (Å²) >= 11 is 2.94. The zero-order valence-electron chi connectivity index (χ0n) is 10.4. The van der Waals surface area contributed by atoms with Gasteiger partial charge in [-0.25, -0.2) is 12.8 Å². The van der Waals surface area contributed by atoms with Crippen molar-refractivity contribution < 1.29 is 17.6 Å². The van der Waals surface area contributed by atoms with Gasteiger partial charge in [0, 0.05) is 6.54 Å². The molecule has 2 N–H and O–H groups in total. The molecule has 0 saturated heterocycles. The second-order valence-corrected chi connectivity index (χ2v) is 6.38. The predicted octanol–water partition coefficient (Wildman–Crippen LogP) is 1.39. The van der Waals surface area contributed by atoms with Gasteiger partial charge in [0.15, 0.2) is 0 Å². The van der Waals surface area contributed by atoms with Crippen LogP contribution in [0.2, 0.25) is 0 Å². The van der Waals surface area contributed by atoms with Crippen molar-refractivity contribution in [2.45, 2.75) is 24.8 Å². The molecular weight excluding hydrogens is 339 g/mol. The minimum atomic E-state index is -3.93. The number of carbonyl (C=O) groups is 1. The van der Waals surface area contributed by atoms with Crippen LogP contribution in [0.3, 0.4) is 0 Å². The van der Waals surface area contributed by atoms with E-state index in [4.69, 9.17) is 0 Å². The van der Waals surface area contributed by atoms with E-state index in [1.165, 1.54) is 19.1 Å².